The molecule has 6 nitrogen and oxygen atoms in total. The molecule has 0 atom stereocenters. The largest absolute Gasteiger partial charge is 0.481 e. The molecule has 1 rings (SSSR count). The Labute approximate surface area is 95.0 Å². The van der Waals surface area contributed by atoms with Crippen molar-refractivity contribution in [3.63, 3.8) is 0 Å². The summed E-state index contributed by atoms with van der Waals surface area (Å²) in [5.74, 6) is 0.0942. The topological polar surface area (TPSA) is 73.3 Å². The van der Waals surface area contributed by atoms with E-state index in [0.717, 1.165) is 0 Å². The van der Waals surface area contributed by atoms with Crippen molar-refractivity contribution in [3.8, 4) is 5.88 Å². The van der Waals surface area contributed by atoms with Crippen molar-refractivity contribution in [2.45, 2.75) is 13.8 Å². The quantitative estimate of drug-likeness (QED) is 0.785. The Hall–Kier alpha value is -1.85. The number of hydrogen-bond acceptors (Lipinski definition) is 6. The summed E-state index contributed by atoms with van der Waals surface area (Å²) < 4.78 is 9.42. The third-order valence-corrected chi connectivity index (χ3v) is 1.53. The standard InChI is InChI=1S/C8H11N3O3.C2H6/c1-9-8-10-5(7(12)14-3)4-6(11-8)13-2;1-2/h4H,1-3H3,(H,9,10,11);1-2H3. The fourth-order valence-electron chi connectivity index (χ4n) is 0.850. The number of esters is 1. The second-order valence-corrected chi connectivity index (χ2v) is 2.36. The molecular weight excluding hydrogens is 210 g/mol. The monoisotopic (exact) mass is 227 g/mol. The van der Waals surface area contributed by atoms with Crippen LogP contribution >= 0.6 is 0 Å². The van der Waals surface area contributed by atoms with Crippen molar-refractivity contribution in [2.24, 2.45) is 0 Å². The molecule has 6 heteroatoms. The van der Waals surface area contributed by atoms with E-state index >= 15 is 0 Å². The van der Waals surface area contributed by atoms with Crippen LogP contribution in [-0.4, -0.2) is 37.2 Å². The molecule has 0 bridgehead atoms. The van der Waals surface area contributed by atoms with Crippen LogP contribution in [0.4, 0.5) is 5.95 Å². The molecular formula is C10H17N3O3. The highest BCUT2D eigenvalue weighted by Crippen LogP contribution is 2.11. The van der Waals surface area contributed by atoms with E-state index in [0.29, 0.717) is 11.8 Å². The Balaban J connectivity index is 0.00000106. The van der Waals surface area contributed by atoms with Crippen molar-refractivity contribution in [2.75, 3.05) is 26.6 Å². The molecule has 0 aromatic carbocycles. The molecule has 0 aliphatic carbocycles. The van der Waals surface area contributed by atoms with Crippen LogP contribution < -0.4 is 10.1 Å². The van der Waals surface area contributed by atoms with Crippen LogP contribution in [0.25, 0.3) is 0 Å². The van der Waals surface area contributed by atoms with Gasteiger partial charge < -0.3 is 14.8 Å². The maximum absolute atomic E-state index is 11.2. The number of anilines is 1. The van der Waals surface area contributed by atoms with Gasteiger partial charge in [0.25, 0.3) is 0 Å². The first-order valence-electron chi connectivity index (χ1n) is 4.90. The van der Waals surface area contributed by atoms with E-state index in [1.807, 2.05) is 13.8 Å². The Kier molecular flexibility index (Phi) is 6.58. The highest BCUT2D eigenvalue weighted by Gasteiger charge is 2.11. The molecule has 0 saturated heterocycles. The third kappa shape index (κ3) is 3.72. The van der Waals surface area contributed by atoms with E-state index in [-0.39, 0.29) is 5.69 Å². The minimum absolute atomic E-state index is 0.156. The Bertz CT molecular complexity index is 320. The second-order valence-electron chi connectivity index (χ2n) is 2.36. The average molecular weight is 227 g/mol. The molecule has 0 aliphatic rings. The first-order valence-corrected chi connectivity index (χ1v) is 4.90. The Morgan fingerprint density at radius 3 is 2.38 bits per heavy atom. The summed E-state index contributed by atoms with van der Waals surface area (Å²) in [5, 5.41) is 2.71. The fourth-order valence-corrected chi connectivity index (χ4v) is 0.850. The molecule has 1 aromatic heterocycles. The number of rotatable bonds is 3. The van der Waals surface area contributed by atoms with E-state index in [1.165, 1.54) is 20.3 Å². The van der Waals surface area contributed by atoms with Gasteiger partial charge in [-0.15, -0.1) is 0 Å². The highest BCUT2D eigenvalue weighted by molar-refractivity contribution is 5.87. The van der Waals surface area contributed by atoms with Gasteiger partial charge in [0.2, 0.25) is 11.8 Å². The molecule has 1 aromatic rings. The van der Waals surface area contributed by atoms with Crippen molar-refractivity contribution in [1.29, 1.82) is 0 Å². The molecule has 1 heterocycles. The number of ether oxygens (including phenoxy) is 2. The normalized spacial score (nSPS) is 8.56. The van der Waals surface area contributed by atoms with Crippen molar-refractivity contribution < 1.29 is 14.3 Å². The molecule has 90 valence electrons. The molecule has 0 amide bonds. The van der Waals surface area contributed by atoms with Gasteiger partial charge in [-0.1, -0.05) is 13.8 Å². The lowest BCUT2D eigenvalue weighted by Gasteiger charge is -2.04. The third-order valence-electron chi connectivity index (χ3n) is 1.53. The SMILES string of the molecule is CC.CNc1nc(OC)cc(C(=O)OC)n1. The molecule has 1 N–H and O–H groups in total. The zero-order chi connectivity index (χ0) is 12.6. The minimum atomic E-state index is -0.526. The minimum Gasteiger partial charge on any atom is -0.481 e. The highest BCUT2D eigenvalue weighted by atomic mass is 16.5. The van der Waals surface area contributed by atoms with E-state index in [2.05, 4.69) is 20.0 Å². The van der Waals surface area contributed by atoms with Gasteiger partial charge in [-0.25, -0.2) is 9.78 Å². The number of hydrogen-bond donors (Lipinski definition) is 1. The smallest absolute Gasteiger partial charge is 0.357 e. The molecule has 0 saturated carbocycles. The summed E-state index contributed by atoms with van der Waals surface area (Å²) in [4.78, 5) is 19.0. The predicted molar refractivity (Wildman–Crippen MR) is 60.8 cm³/mol. The second kappa shape index (κ2) is 7.44. The van der Waals surface area contributed by atoms with Crippen LogP contribution in [0.3, 0.4) is 0 Å². The number of nitrogens with zero attached hydrogens (tertiary/aromatic N) is 2. The van der Waals surface area contributed by atoms with E-state index in [1.54, 1.807) is 7.05 Å². The van der Waals surface area contributed by atoms with E-state index in [9.17, 15) is 4.79 Å². The van der Waals surface area contributed by atoms with Gasteiger partial charge in [0.05, 0.1) is 14.2 Å². The lowest BCUT2D eigenvalue weighted by atomic mass is 10.4. The van der Waals surface area contributed by atoms with Crippen molar-refractivity contribution in [3.05, 3.63) is 11.8 Å². The first kappa shape index (κ1) is 14.2. The average Bonchev–Trinajstić information content (AvgIpc) is 2.39. The van der Waals surface area contributed by atoms with E-state index in [4.69, 9.17) is 4.74 Å². The summed E-state index contributed by atoms with van der Waals surface area (Å²) in [6.45, 7) is 4.00. The zero-order valence-electron chi connectivity index (χ0n) is 10.2. The summed E-state index contributed by atoms with van der Waals surface area (Å²) >= 11 is 0. The van der Waals surface area contributed by atoms with Crippen LogP contribution in [0, 0.1) is 0 Å². The molecule has 0 aliphatic heterocycles. The van der Waals surface area contributed by atoms with Gasteiger partial charge >= 0.3 is 5.97 Å². The molecule has 0 fully saturated rings. The fraction of sp³-hybridized carbons (Fsp3) is 0.500. The van der Waals surface area contributed by atoms with Gasteiger partial charge in [-0.05, 0) is 0 Å². The summed E-state index contributed by atoms with van der Waals surface area (Å²) in [7, 11) is 4.40. The molecule has 0 unspecified atom stereocenters. The molecule has 0 radical (unpaired) electrons. The van der Waals surface area contributed by atoms with Gasteiger partial charge in [0.15, 0.2) is 5.69 Å². The number of aromatic nitrogens is 2. The van der Waals surface area contributed by atoms with Crippen LogP contribution in [0.15, 0.2) is 6.07 Å². The van der Waals surface area contributed by atoms with E-state index < -0.39 is 5.97 Å². The van der Waals surface area contributed by atoms with Gasteiger partial charge in [0.1, 0.15) is 0 Å². The number of carbonyl (C=O) groups is 1. The predicted octanol–water partition coefficient (Wildman–Crippen LogP) is 1.34. The molecule has 0 spiro atoms. The van der Waals surface area contributed by atoms with Crippen LogP contribution in [0.1, 0.15) is 24.3 Å². The lowest BCUT2D eigenvalue weighted by Crippen LogP contribution is -2.08. The first-order chi connectivity index (χ1) is 7.71. The zero-order valence-corrected chi connectivity index (χ0v) is 10.2. The maximum Gasteiger partial charge on any atom is 0.357 e. The summed E-state index contributed by atoms with van der Waals surface area (Å²) in [6, 6.07) is 1.41. The number of carbonyl (C=O) groups excluding carboxylic acids is 1. The number of methoxy groups -OCH3 is 2. The lowest BCUT2D eigenvalue weighted by molar-refractivity contribution is 0.0593. The van der Waals surface area contributed by atoms with Crippen molar-refractivity contribution in [1.82, 2.24) is 9.97 Å². The summed E-state index contributed by atoms with van der Waals surface area (Å²) in [6.07, 6.45) is 0. The van der Waals surface area contributed by atoms with Gasteiger partial charge in [0, 0.05) is 13.1 Å². The van der Waals surface area contributed by atoms with Crippen LogP contribution in [0.5, 0.6) is 5.88 Å². The molecule has 16 heavy (non-hydrogen) atoms. The maximum atomic E-state index is 11.2. The van der Waals surface area contributed by atoms with Crippen molar-refractivity contribution >= 4 is 11.9 Å². The van der Waals surface area contributed by atoms with Gasteiger partial charge in [-0.2, -0.15) is 4.98 Å². The van der Waals surface area contributed by atoms with Crippen LogP contribution in [0.2, 0.25) is 0 Å². The number of nitrogens with one attached hydrogen (secondary N) is 1. The Morgan fingerprint density at radius 1 is 1.31 bits per heavy atom. The van der Waals surface area contributed by atoms with Crippen LogP contribution in [-0.2, 0) is 4.74 Å². The Morgan fingerprint density at radius 2 is 1.94 bits per heavy atom. The van der Waals surface area contributed by atoms with Gasteiger partial charge in [-0.3, -0.25) is 0 Å². The summed E-state index contributed by atoms with van der Waals surface area (Å²) in [5.41, 5.74) is 0.156.